The van der Waals surface area contributed by atoms with E-state index in [9.17, 15) is 14.4 Å². The highest BCUT2D eigenvalue weighted by Crippen LogP contribution is 2.25. The highest BCUT2D eigenvalue weighted by atomic mass is 16.5. The van der Waals surface area contributed by atoms with Crippen LogP contribution in [-0.4, -0.2) is 38.5 Å². The van der Waals surface area contributed by atoms with E-state index in [0.717, 1.165) is 0 Å². The molecule has 1 heterocycles. The summed E-state index contributed by atoms with van der Waals surface area (Å²) in [5.41, 5.74) is 1.27. The van der Waals surface area contributed by atoms with Crippen LogP contribution >= 0.6 is 0 Å². The van der Waals surface area contributed by atoms with Gasteiger partial charge in [0.25, 0.3) is 5.91 Å². The lowest BCUT2D eigenvalue weighted by Crippen LogP contribution is -2.19. The van der Waals surface area contributed by atoms with Gasteiger partial charge in [0.15, 0.2) is 12.4 Å². The number of esters is 1. The fraction of sp³-hybridized carbons (Fsp3) is 0.174. The quantitative estimate of drug-likeness (QED) is 0.433. The number of anilines is 1. The van der Waals surface area contributed by atoms with E-state index in [4.69, 9.17) is 18.6 Å². The van der Waals surface area contributed by atoms with Crippen LogP contribution in [0.25, 0.3) is 0 Å². The van der Waals surface area contributed by atoms with Crippen molar-refractivity contribution >= 4 is 23.3 Å². The van der Waals surface area contributed by atoms with Gasteiger partial charge in [0, 0.05) is 0 Å². The summed E-state index contributed by atoms with van der Waals surface area (Å²) in [7, 11) is 2.91. The number of para-hydroxylation sites is 1. The summed E-state index contributed by atoms with van der Waals surface area (Å²) < 4.78 is 20.6. The number of rotatable bonds is 8. The van der Waals surface area contributed by atoms with Crippen molar-refractivity contribution in [3.8, 4) is 11.5 Å². The molecular formula is C23H21NO7. The Morgan fingerprint density at radius 2 is 1.77 bits per heavy atom. The van der Waals surface area contributed by atoms with E-state index in [1.165, 1.54) is 38.7 Å². The maximum absolute atomic E-state index is 12.7. The SMILES string of the molecule is COc1ccc(OC)c(C(=O)COC(=O)c2cccc(C)c2NC(=O)c2ccco2)c1. The van der Waals surface area contributed by atoms with E-state index in [1.807, 2.05) is 0 Å². The van der Waals surface area contributed by atoms with Gasteiger partial charge in [-0.1, -0.05) is 12.1 Å². The molecule has 3 rings (SSSR count). The number of amides is 1. The Morgan fingerprint density at radius 1 is 0.968 bits per heavy atom. The predicted octanol–water partition coefficient (Wildman–Crippen LogP) is 3.90. The summed E-state index contributed by atoms with van der Waals surface area (Å²) in [6.45, 7) is 1.22. The van der Waals surface area contributed by atoms with Crippen molar-refractivity contribution in [3.05, 3.63) is 77.2 Å². The molecular weight excluding hydrogens is 402 g/mol. The third-order valence-electron chi connectivity index (χ3n) is 4.52. The zero-order valence-electron chi connectivity index (χ0n) is 17.3. The lowest BCUT2D eigenvalue weighted by atomic mass is 10.1. The van der Waals surface area contributed by atoms with Gasteiger partial charge in [-0.15, -0.1) is 0 Å². The Hall–Kier alpha value is -4.07. The lowest BCUT2D eigenvalue weighted by molar-refractivity contribution is 0.0475. The van der Waals surface area contributed by atoms with Crippen LogP contribution in [0, 0.1) is 6.92 Å². The molecule has 0 bridgehead atoms. The highest BCUT2D eigenvalue weighted by molar-refractivity contribution is 6.08. The van der Waals surface area contributed by atoms with Gasteiger partial charge in [0.2, 0.25) is 5.78 Å². The van der Waals surface area contributed by atoms with Gasteiger partial charge in [-0.25, -0.2) is 4.79 Å². The lowest BCUT2D eigenvalue weighted by Gasteiger charge is -2.13. The van der Waals surface area contributed by atoms with Crippen LogP contribution in [0.2, 0.25) is 0 Å². The fourth-order valence-corrected chi connectivity index (χ4v) is 2.91. The van der Waals surface area contributed by atoms with Crippen molar-refractivity contribution in [1.82, 2.24) is 0 Å². The first-order valence-corrected chi connectivity index (χ1v) is 9.31. The average Bonchev–Trinajstić information content (AvgIpc) is 3.33. The topological polar surface area (TPSA) is 104 Å². The average molecular weight is 423 g/mol. The standard InChI is InChI=1S/C23H21NO7/c1-14-6-4-7-16(21(14)24-22(26)20-8-5-11-30-20)23(27)31-13-18(25)17-12-15(28-2)9-10-19(17)29-3/h4-12H,13H2,1-3H3,(H,24,26). The minimum Gasteiger partial charge on any atom is -0.497 e. The van der Waals surface area contributed by atoms with Crippen LogP contribution in [-0.2, 0) is 4.74 Å². The molecule has 0 aliphatic heterocycles. The molecule has 0 radical (unpaired) electrons. The number of Topliss-reactive ketones (excluding diaryl/α,β-unsaturated/α-hetero) is 1. The molecule has 0 saturated heterocycles. The van der Waals surface area contributed by atoms with Crippen LogP contribution in [0.5, 0.6) is 11.5 Å². The van der Waals surface area contributed by atoms with Crippen LogP contribution in [0.1, 0.15) is 36.8 Å². The van der Waals surface area contributed by atoms with E-state index >= 15 is 0 Å². The number of carbonyl (C=O) groups excluding carboxylic acids is 3. The zero-order valence-corrected chi connectivity index (χ0v) is 17.3. The summed E-state index contributed by atoms with van der Waals surface area (Å²) >= 11 is 0. The number of aryl methyl sites for hydroxylation is 1. The molecule has 8 heteroatoms. The van der Waals surface area contributed by atoms with Crippen LogP contribution < -0.4 is 14.8 Å². The monoisotopic (exact) mass is 423 g/mol. The van der Waals surface area contributed by atoms with Crippen LogP contribution in [0.4, 0.5) is 5.69 Å². The summed E-state index contributed by atoms with van der Waals surface area (Å²) in [4.78, 5) is 37.7. The summed E-state index contributed by atoms with van der Waals surface area (Å²) in [5.74, 6) is -0.819. The second-order valence-electron chi connectivity index (χ2n) is 6.49. The maximum Gasteiger partial charge on any atom is 0.340 e. The molecule has 0 atom stereocenters. The molecule has 3 aromatic rings. The fourth-order valence-electron chi connectivity index (χ4n) is 2.91. The Kier molecular flexibility index (Phi) is 6.71. The number of nitrogens with one attached hydrogen (secondary N) is 1. The molecule has 0 fully saturated rings. The Morgan fingerprint density at radius 3 is 2.45 bits per heavy atom. The highest BCUT2D eigenvalue weighted by Gasteiger charge is 2.21. The first-order chi connectivity index (χ1) is 14.9. The third-order valence-corrected chi connectivity index (χ3v) is 4.52. The van der Waals surface area contributed by atoms with Crippen molar-refractivity contribution in [3.63, 3.8) is 0 Å². The van der Waals surface area contributed by atoms with E-state index in [0.29, 0.717) is 17.1 Å². The van der Waals surface area contributed by atoms with Gasteiger partial charge in [-0.2, -0.15) is 0 Å². The van der Waals surface area contributed by atoms with E-state index < -0.39 is 24.3 Å². The molecule has 31 heavy (non-hydrogen) atoms. The number of ether oxygens (including phenoxy) is 3. The molecule has 0 unspecified atom stereocenters. The van der Waals surface area contributed by atoms with Crippen LogP contribution in [0.15, 0.2) is 59.2 Å². The Labute approximate surface area is 178 Å². The molecule has 1 amide bonds. The van der Waals surface area contributed by atoms with Gasteiger partial charge in [-0.3, -0.25) is 9.59 Å². The summed E-state index contributed by atoms with van der Waals surface area (Å²) in [6.07, 6.45) is 1.38. The van der Waals surface area contributed by atoms with Crippen molar-refractivity contribution < 1.29 is 33.0 Å². The normalized spacial score (nSPS) is 10.3. The number of benzene rings is 2. The van der Waals surface area contributed by atoms with Crippen molar-refractivity contribution in [1.29, 1.82) is 0 Å². The maximum atomic E-state index is 12.7. The van der Waals surface area contributed by atoms with Gasteiger partial charge in [-0.05, 0) is 48.9 Å². The predicted molar refractivity (Wildman–Crippen MR) is 112 cm³/mol. The van der Waals surface area contributed by atoms with Crippen molar-refractivity contribution in [2.45, 2.75) is 6.92 Å². The van der Waals surface area contributed by atoms with Crippen molar-refractivity contribution in [2.24, 2.45) is 0 Å². The molecule has 0 saturated carbocycles. The van der Waals surface area contributed by atoms with Gasteiger partial charge >= 0.3 is 5.97 Å². The number of hydrogen-bond acceptors (Lipinski definition) is 7. The van der Waals surface area contributed by atoms with E-state index in [1.54, 1.807) is 37.3 Å². The minimum atomic E-state index is -0.756. The number of hydrogen-bond donors (Lipinski definition) is 1. The smallest absolute Gasteiger partial charge is 0.340 e. The summed E-state index contributed by atoms with van der Waals surface area (Å²) in [6, 6.07) is 12.7. The first-order valence-electron chi connectivity index (χ1n) is 9.31. The molecule has 2 aromatic carbocycles. The van der Waals surface area contributed by atoms with E-state index in [-0.39, 0.29) is 22.6 Å². The molecule has 160 valence electrons. The number of ketones is 1. The minimum absolute atomic E-state index is 0.0999. The largest absolute Gasteiger partial charge is 0.497 e. The Bertz CT molecular complexity index is 1100. The zero-order chi connectivity index (χ0) is 22.4. The molecule has 1 aromatic heterocycles. The van der Waals surface area contributed by atoms with Gasteiger partial charge < -0.3 is 23.9 Å². The molecule has 0 aliphatic carbocycles. The van der Waals surface area contributed by atoms with Crippen molar-refractivity contribution in [2.75, 3.05) is 26.1 Å². The van der Waals surface area contributed by atoms with Gasteiger partial charge in [0.05, 0.1) is 37.3 Å². The van der Waals surface area contributed by atoms with Crippen LogP contribution in [0.3, 0.4) is 0 Å². The Balaban J connectivity index is 1.76. The summed E-state index contributed by atoms with van der Waals surface area (Å²) in [5, 5.41) is 2.66. The third kappa shape index (κ3) is 4.92. The second kappa shape index (κ2) is 9.62. The number of carbonyl (C=O) groups is 3. The molecule has 1 N–H and O–H groups in total. The molecule has 0 aliphatic rings. The first kappa shape index (κ1) is 21.6. The second-order valence-corrected chi connectivity index (χ2v) is 6.49. The van der Waals surface area contributed by atoms with Gasteiger partial charge in [0.1, 0.15) is 11.5 Å². The number of furan rings is 1. The molecule has 0 spiro atoms. The van der Waals surface area contributed by atoms with E-state index in [2.05, 4.69) is 5.32 Å². The number of methoxy groups -OCH3 is 2. The molecule has 8 nitrogen and oxygen atoms in total.